The molecule has 2 unspecified atom stereocenters. The molecule has 2 atom stereocenters. The van der Waals surface area contributed by atoms with Crippen LogP contribution in [0.15, 0.2) is 54.3 Å². The maximum atomic E-state index is 15.5. The Hall–Kier alpha value is -2.77. The van der Waals surface area contributed by atoms with E-state index < -0.39 is 41.3 Å². The largest absolute Gasteiger partial charge is 0.444 e. The molecular weight excluding hydrogens is 395 g/mol. The summed E-state index contributed by atoms with van der Waals surface area (Å²) >= 11 is 0. The number of hydrogen-bond acceptors (Lipinski definition) is 4. The average Bonchev–Trinajstić information content (AvgIpc) is 2.61. The van der Waals surface area contributed by atoms with Crippen LogP contribution in [0.5, 0.6) is 0 Å². The standard InChI is InChI=1S/C22H26F3N3O2/c1-14-12-21(24,25)9-7-15(14)22(18(23)6-5-10-27-22)16-8-11-26-13-17(16)28-19(29)30-20(2,3)4/h5-8,10-11,13-14,27H,9,12H2,1-4H3,(H,28,29). The van der Waals surface area contributed by atoms with Crippen LogP contribution in [0.25, 0.3) is 0 Å². The molecule has 0 radical (unpaired) electrons. The van der Waals surface area contributed by atoms with Gasteiger partial charge in [-0.1, -0.05) is 13.0 Å². The molecule has 0 bridgehead atoms. The van der Waals surface area contributed by atoms with E-state index in [0.717, 1.165) is 0 Å². The topological polar surface area (TPSA) is 63.2 Å². The highest BCUT2D eigenvalue weighted by molar-refractivity contribution is 5.86. The number of dihydropyridines is 1. The Labute approximate surface area is 174 Å². The van der Waals surface area contributed by atoms with Crippen LogP contribution < -0.4 is 10.6 Å². The number of amides is 1. The number of allylic oxidation sites excluding steroid dienone is 3. The maximum Gasteiger partial charge on any atom is 0.412 e. The fourth-order valence-electron chi connectivity index (χ4n) is 3.94. The Kier molecular flexibility index (Phi) is 5.71. The predicted molar refractivity (Wildman–Crippen MR) is 109 cm³/mol. The van der Waals surface area contributed by atoms with Gasteiger partial charge in [0.05, 0.1) is 11.9 Å². The highest BCUT2D eigenvalue weighted by atomic mass is 19.3. The molecular formula is C22H26F3N3O2. The summed E-state index contributed by atoms with van der Waals surface area (Å²) in [5.74, 6) is -4.01. The Bertz CT molecular complexity index is 918. The third-order valence-electron chi connectivity index (χ3n) is 5.05. The molecule has 2 N–H and O–H groups in total. The summed E-state index contributed by atoms with van der Waals surface area (Å²) in [4.78, 5) is 16.4. The van der Waals surface area contributed by atoms with Gasteiger partial charge in [0.1, 0.15) is 17.0 Å². The molecule has 0 spiro atoms. The molecule has 2 heterocycles. The van der Waals surface area contributed by atoms with Crippen molar-refractivity contribution in [1.82, 2.24) is 10.3 Å². The van der Waals surface area contributed by atoms with Gasteiger partial charge < -0.3 is 10.1 Å². The zero-order valence-corrected chi connectivity index (χ0v) is 17.4. The summed E-state index contributed by atoms with van der Waals surface area (Å²) in [5, 5.41) is 5.65. The quantitative estimate of drug-likeness (QED) is 0.625. The fraction of sp³-hybridized carbons (Fsp3) is 0.455. The summed E-state index contributed by atoms with van der Waals surface area (Å²) < 4.78 is 48.7. The number of carbonyl (C=O) groups is 1. The van der Waals surface area contributed by atoms with E-state index >= 15 is 4.39 Å². The van der Waals surface area contributed by atoms with Gasteiger partial charge in [-0.05, 0) is 56.7 Å². The number of pyridine rings is 1. The number of carbonyl (C=O) groups excluding carboxylic acids is 1. The van der Waals surface area contributed by atoms with E-state index in [-0.39, 0.29) is 12.1 Å². The fourth-order valence-corrected chi connectivity index (χ4v) is 3.94. The Morgan fingerprint density at radius 2 is 2.10 bits per heavy atom. The van der Waals surface area contributed by atoms with Crippen LogP contribution in [-0.2, 0) is 10.3 Å². The minimum atomic E-state index is -2.84. The zero-order valence-electron chi connectivity index (χ0n) is 17.4. The maximum absolute atomic E-state index is 15.5. The highest BCUT2D eigenvalue weighted by Gasteiger charge is 2.48. The van der Waals surface area contributed by atoms with Crippen LogP contribution >= 0.6 is 0 Å². The van der Waals surface area contributed by atoms with Crippen LogP contribution in [0.4, 0.5) is 23.7 Å². The minimum absolute atomic E-state index is 0.225. The van der Waals surface area contributed by atoms with Gasteiger partial charge in [-0.25, -0.2) is 18.0 Å². The lowest BCUT2D eigenvalue weighted by Gasteiger charge is -2.43. The van der Waals surface area contributed by atoms with E-state index in [9.17, 15) is 13.6 Å². The molecule has 1 aliphatic carbocycles. The second-order valence-corrected chi connectivity index (χ2v) is 8.64. The molecule has 0 fully saturated rings. The van der Waals surface area contributed by atoms with Crippen molar-refractivity contribution >= 4 is 11.8 Å². The number of ether oxygens (including phenoxy) is 1. The van der Waals surface area contributed by atoms with Gasteiger partial charge in [-0.2, -0.15) is 0 Å². The van der Waals surface area contributed by atoms with Gasteiger partial charge in [-0.15, -0.1) is 0 Å². The number of anilines is 1. The number of hydrogen-bond donors (Lipinski definition) is 2. The van der Waals surface area contributed by atoms with Gasteiger partial charge in [0.15, 0.2) is 0 Å². The first-order chi connectivity index (χ1) is 13.9. The molecule has 162 valence electrons. The lowest BCUT2D eigenvalue weighted by Crippen LogP contribution is -2.47. The summed E-state index contributed by atoms with van der Waals surface area (Å²) in [6.45, 7) is 6.82. The number of nitrogens with one attached hydrogen (secondary N) is 2. The molecule has 3 rings (SSSR count). The van der Waals surface area contributed by atoms with Gasteiger partial charge in [0.25, 0.3) is 5.92 Å². The monoisotopic (exact) mass is 421 g/mol. The van der Waals surface area contributed by atoms with E-state index in [2.05, 4.69) is 15.6 Å². The van der Waals surface area contributed by atoms with E-state index in [1.807, 2.05) is 0 Å². The number of nitrogens with zero attached hydrogens (tertiary/aromatic N) is 1. The van der Waals surface area contributed by atoms with Crippen molar-refractivity contribution in [3.05, 3.63) is 59.9 Å². The molecule has 30 heavy (non-hydrogen) atoms. The second-order valence-electron chi connectivity index (χ2n) is 8.64. The van der Waals surface area contributed by atoms with E-state index in [1.165, 1.54) is 30.6 Å². The summed E-state index contributed by atoms with van der Waals surface area (Å²) in [6, 6.07) is 1.56. The van der Waals surface area contributed by atoms with Crippen molar-refractivity contribution in [3.63, 3.8) is 0 Å². The van der Waals surface area contributed by atoms with Crippen molar-refractivity contribution in [2.24, 2.45) is 5.92 Å². The normalized spacial score (nSPS) is 25.6. The Balaban J connectivity index is 2.10. The van der Waals surface area contributed by atoms with Crippen molar-refractivity contribution in [3.8, 4) is 0 Å². The second kappa shape index (κ2) is 7.81. The first-order valence-electron chi connectivity index (χ1n) is 9.78. The molecule has 0 aromatic carbocycles. The number of alkyl halides is 2. The lowest BCUT2D eigenvalue weighted by atomic mass is 9.70. The predicted octanol–water partition coefficient (Wildman–Crippen LogP) is 5.59. The van der Waals surface area contributed by atoms with Gasteiger partial charge in [0, 0.05) is 24.6 Å². The number of halogens is 3. The first-order valence-corrected chi connectivity index (χ1v) is 9.78. The molecule has 1 aromatic rings. The first kappa shape index (κ1) is 21.9. The van der Waals surface area contributed by atoms with E-state index in [1.54, 1.807) is 40.0 Å². The molecule has 1 aliphatic heterocycles. The molecule has 1 aromatic heterocycles. The molecule has 0 saturated carbocycles. The third-order valence-corrected chi connectivity index (χ3v) is 5.05. The molecule has 5 nitrogen and oxygen atoms in total. The lowest BCUT2D eigenvalue weighted by molar-refractivity contribution is -0.0222. The number of rotatable bonds is 3. The smallest absolute Gasteiger partial charge is 0.412 e. The van der Waals surface area contributed by atoms with Crippen LogP contribution in [0.1, 0.15) is 46.1 Å². The minimum Gasteiger partial charge on any atom is -0.444 e. The van der Waals surface area contributed by atoms with Crippen molar-refractivity contribution in [1.29, 1.82) is 0 Å². The van der Waals surface area contributed by atoms with Crippen molar-refractivity contribution in [2.75, 3.05) is 5.32 Å². The van der Waals surface area contributed by atoms with Crippen LogP contribution in [-0.4, -0.2) is 22.6 Å². The zero-order chi connectivity index (χ0) is 22.2. The molecule has 8 heteroatoms. The van der Waals surface area contributed by atoms with Crippen LogP contribution in [0, 0.1) is 5.92 Å². The third kappa shape index (κ3) is 4.37. The Morgan fingerprint density at radius 3 is 2.73 bits per heavy atom. The van der Waals surface area contributed by atoms with Crippen LogP contribution in [0.3, 0.4) is 0 Å². The molecule has 1 amide bonds. The van der Waals surface area contributed by atoms with Gasteiger partial charge >= 0.3 is 6.09 Å². The van der Waals surface area contributed by atoms with Gasteiger partial charge in [-0.3, -0.25) is 10.3 Å². The SMILES string of the molecule is CC1CC(F)(F)CC=C1C1(c2ccncc2NC(=O)OC(C)(C)C)NC=CC=C1F. The highest BCUT2D eigenvalue weighted by Crippen LogP contribution is 2.49. The molecule has 0 saturated heterocycles. The summed E-state index contributed by atoms with van der Waals surface area (Å²) in [5.41, 5.74) is -1.20. The summed E-state index contributed by atoms with van der Waals surface area (Å²) in [6.07, 6.45) is 7.00. The van der Waals surface area contributed by atoms with Crippen molar-refractivity contribution < 1.29 is 22.7 Å². The van der Waals surface area contributed by atoms with Crippen LogP contribution in [0.2, 0.25) is 0 Å². The average molecular weight is 421 g/mol. The number of aromatic nitrogens is 1. The Morgan fingerprint density at radius 1 is 1.37 bits per heavy atom. The van der Waals surface area contributed by atoms with Gasteiger partial charge in [0.2, 0.25) is 0 Å². The summed E-state index contributed by atoms with van der Waals surface area (Å²) in [7, 11) is 0. The van der Waals surface area contributed by atoms with E-state index in [4.69, 9.17) is 4.74 Å². The van der Waals surface area contributed by atoms with E-state index in [0.29, 0.717) is 11.1 Å². The van der Waals surface area contributed by atoms with Crippen molar-refractivity contribution in [2.45, 2.75) is 57.6 Å². The molecule has 2 aliphatic rings.